The van der Waals surface area contributed by atoms with Crippen molar-refractivity contribution in [1.29, 1.82) is 0 Å². The van der Waals surface area contributed by atoms with E-state index in [1.165, 1.54) is 17.0 Å². The summed E-state index contributed by atoms with van der Waals surface area (Å²) in [6.07, 6.45) is 0.559. The Labute approximate surface area is 194 Å². The number of anilines is 1. The molecule has 1 aliphatic heterocycles. The molecule has 2 aromatic carbocycles. The smallest absolute Gasteiger partial charge is 0.244 e. The zero-order chi connectivity index (χ0) is 23.4. The predicted octanol–water partition coefficient (Wildman–Crippen LogP) is 3.10. The zero-order valence-electron chi connectivity index (χ0n) is 17.7. The third kappa shape index (κ3) is 5.72. The summed E-state index contributed by atoms with van der Waals surface area (Å²) >= 11 is 0.955. The van der Waals surface area contributed by atoms with Gasteiger partial charge in [-0.3, -0.25) is 14.6 Å². The second-order valence-electron chi connectivity index (χ2n) is 7.66. The van der Waals surface area contributed by atoms with Crippen molar-refractivity contribution in [3.05, 3.63) is 54.1 Å². The van der Waals surface area contributed by atoms with Crippen LogP contribution in [0.1, 0.15) is 6.42 Å². The number of rotatable bonds is 8. The first kappa shape index (κ1) is 23.7. The first-order valence-electron chi connectivity index (χ1n) is 10.5. The Hall–Kier alpha value is -2.47. The lowest BCUT2D eigenvalue weighted by Crippen LogP contribution is -2.40. The summed E-state index contributed by atoms with van der Waals surface area (Å²) in [7, 11) is -3.88. The Morgan fingerprint density at radius 2 is 1.88 bits per heavy atom. The van der Waals surface area contributed by atoms with Gasteiger partial charge in [0.1, 0.15) is 17.1 Å². The molecule has 0 radical (unpaired) electrons. The number of carbonyl (C=O) groups excluding carboxylic acids is 1. The number of amides is 1. The molecule has 0 unspecified atom stereocenters. The number of aromatic nitrogens is 1. The first-order valence-corrected chi connectivity index (χ1v) is 12.9. The van der Waals surface area contributed by atoms with E-state index in [0.717, 1.165) is 36.6 Å². The highest BCUT2D eigenvalue weighted by atomic mass is 32.2. The maximum atomic E-state index is 14.2. The Bertz CT molecular complexity index is 1230. The number of halogens is 2. The Morgan fingerprint density at radius 3 is 2.61 bits per heavy atom. The number of benzene rings is 2. The average molecular weight is 496 g/mol. The highest BCUT2D eigenvalue weighted by molar-refractivity contribution is 7.92. The van der Waals surface area contributed by atoms with Crippen LogP contribution in [0.2, 0.25) is 0 Å². The molecule has 0 N–H and O–H groups in total. The highest BCUT2D eigenvalue weighted by Gasteiger charge is 2.27. The molecule has 1 aromatic heterocycles. The molecule has 7 nitrogen and oxygen atoms in total. The highest BCUT2D eigenvalue weighted by Crippen LogP contribution is 2.31. The van der Waals surface area contributed by atoms with Crippen molar-refractivity contribution in [2.24, 2.45) is 0 Å². The molecule has 1 amide bonds. The number of fused-ring (bicyclic) bond motifs is 1. The largest absolute Gasteiger partial charge is 0.379 e. The third-order valence-electron chi connectivity index (χ3n) is 5.31. The van der Waals surface area contributed by atoms with E-state index in [2.05, 4.69) is 9.88 Å². The number of carbonyl (C=O) groups is 1. The van der Waals surface area contributed by atoms with Crippen LogP contribution < -0.4 is 4.90 Å². The maximum absolute atomic E-state index is 14.2. The van der Waals surface area contributed by atoms with E-state index >= 15 is 0 Å². The van der Waals surface area contributed by atoms with Gasteiger partial charge in [0, 0.05) is 32.2 Å². The average Bonchev–Trinajstić information content (AvgIpc) is 3.21. The molecular weight excluding hydrogens is 472 g/mol. The minimum Gasteiger partial charge on any atom is -0.379 e. The molecule has 0 bridgehead atoms. The summed E-state index contributed by atoms with van der Waals surface area (Å²) in [5, 5.41) is 0.143. The van der Waals surface area contributed by atoms with Gasteiger partial charge in [-0.25, -0.2) is 22.2 Å². The lowest BCUT2D eigenvalue weighted by Gasteiger charge is -2.27. The molecule has 1 fully saturated rings. The van der Waals surface area contributed by atoms with Gasteiger partial charge < -0.3 is 4.74 Å². The van der Waals surface area contributed by atoms with Crippen molar-refractivity contribution in [2.75, 3.05) is 50.0 Å². The van der Waals surface area contributed by atoms with E-state index in [9.17, 15) is 22.0 Å². The second-order valence-corrected chi connectivity index (χ2v) is 10.7. The molecule has 0 saturated carbocycles. The minimum atomic E-state index is -3.88. The molecule has 0 spiro atoms. The van der Waals surface area contributed by atoms with Gasteiger partial charge in [-0.05, 0) is 24.6 Å². The molecule has 176 valence electrons. The van der Waals surface area contributed by atoms with Crippen molar-refractivity contribution in [3.8, 4) is 0 Å². The fourth-order valence-corrected chi connectivity index (χ4v) is 5.88. The van der Waals surface area contributed by atoms with Crippen LogP contribution in [-0.2, 0) is 19.4 Å². The normalized spacial score (nSPS) is 15.1. The Balaban J connectivity index is 1.58. The van der Waals surface area contributed by atoms with E-state index in [-0.39, 0.29) is 26.8 Å². The van der Waals surface area contributed by atoms with Crippen molar-refractivity contribution in [2.45, 2.75) is 11.3 Å². The van der Waals surface area contributed by atoms with Crippen LogP contribution in [0.15, 0.2) is 47.4 Å². The predicted molar refractivity (Wildman–Crippen MR) is 122 cm³/mol. The lowest BCUT2D eigenvalue weighted by atomic mass is 10.3. The van der Waals surface area contributed by atoms with Crippen LogP contribution in [0.4, 0.5) is 13.9 Å². The Kier molecular flexibility index (Phi) is 7.32. The molecule has 2 heterocycles. The van der Waals surface area contributed by atoms with E-state index < -0.39 is 33.1 Å². The van der Waals surface area contributed by atoms with Gasteiger partial charge in [-0.15, -0.1) is 0 Å². The number of morpholine rings is 1. The van der Waals surface area contributed by atoms with Crippen molar-refractivity contribution >= 4 is 42.4 Å². The molecule has 33 heavy (non-hydrogen) atoms. The molecule has 11 heteroatoms. The molecule has 0 aliphatic carbocycles. The topological polar surface area (TPSA) is 79.8 Å². The van der Waals surface area contributed by atoms with Gasteiger partial charge in [-0.2, -0.15) is 0 Å². The zero-order valence-corrected chi connectivity index (χ0v) is 19.4. The SMILES string of the molecule is O=C(CS(=O)(=O)c1ccccc1)N(CCCN1CCOCC1)c1nc2c(F)cc(F)cc2s1. The van der Waals surface area contributed by atoms with Gasteiger partial charge in [0.25, 0.3) is 0 Å². The first-order chi connectivity index (χ1) is 15.8. The third-order valence-corrected chi connectivity index (χ3v) is 7.95. The van der Waals surface area contributed by atoms with Crippen LogP contribution in [0.5, 0.6) is 0 Å². The Morgan fingerprint density at radius 1 is 1.15 bits per heavy atom. The van der Waals surface area contributed by atoms with Crippen molar-refractivity contribution in [3.63, 3.8) is 0 Å². The molecule has 3 aromatic rings. The van der Waals surface area contributed by atoms with Gasteiger partial charge in [0.2, 0.25) is 5.91 Å². The number of hydrogen-bond acceptors (Lipinski definition) is 7. The molecule has 1 aliphatic rings. The quantitative estimate of drug-likeness (QED) is 0.478. The maximum Gasteiger partial charge on any atom is 0.244 e. The van der Waals surface area contributed by atoms with Crippen LogP contribution >= 0.6 is 11.3 Å². The van der Waals surface area contributed by atoms with Gasteiger partial charge in [0.05, 0.1) is 22.8 Å². The number of thiazole rings is 1. The van der Waals surface area contributed by atoms with Crippen LogP contribution in [0.25, 0.3) is 10.2 Å². The summed E-state index contributed by atoms with van der Waals surface area (Å²) in [5.74, 6) is -2.99. The number of sulfone groups is 1. The summed E-state index contributed by atoms with van der Waals surface area (Å²) < 4.78 is 59.0. The summed E-state index contributed by atoms with van der Waals surface area (Å²) in [5.41, 5.74) is -0.0479. The van der Waals surface area contributed by atoms with Crippen molar-refractivity contribution in [1.82, 2.24) is 9.88 Å². The number of hydrogen-bond donors (Lipinski definition) is 0. The lowest BCUT2D eigenvalue weighted by molar-refractivity contribution is -0.116. The van der Waals surface area contributed by atoms with Gasteiger partial charge in [-0.1, -0.05) is 29.5 Å². The fraction of sp³-hybridized carbons (Fsp3) is 0.364. The van der Waals surface area contributed by atoms with Crippen LogP contribution in [0.3, 0.4) is 0 Å². The minimum absolute atomic E-state index is 0.0454. The molecule has 4 rings (SSSR count). The molecule has 0 atom stereocenters. The molecular formula is C22H23F2N3O4S2. The summed E-state index contributed by atoms with van der Waals surface area (Å²) in [6, 6.07) is 9.60. The van der Waals surface area contributed by atoms with Crippen LogP contribution in [-0.4, -0.2) is 69.4 Å². The van der Waals surface area contributed by atoms with E-state index in [0.29, 0.717) is 26.2 Å². The number of ether oxygens (including phenoxy) is 1. The van der Waals surface area contributed by atoms with Gasteiger partial charge >= 0.3 is 0 Å². The fourth-order valence-electron chi connectivity index (χ4n) is 3.62. The van der Waals surface area contributed by atoms with E-state index in [1.807, 2.05) is 0 Å². The van der Waals surface area contributed by atoms with E-state index in [1.54, 1.807) is 18.2 Å². The van der Waals surface area contributed by atoms with Gasteiger partial charge in [0.15, 0.2) is 20.8 Å². The summed E-state index contributed by atoms with van der Waals surface area (Å²) in [4.78, 5) is 20.9. The van der Waals surface area contributed by atoms with Crippen LogP contribution in [0, 0.1) is 11.6 Å². The second kappa shape index (κ2) is 10.2. The standard InChI is InChI=1S/C22H23F2N3O4S2/c23-16-13-18(24)21-19(14-16)32-22(25-21)27(8-4-7-26-9-11-31-12-10-26)20(28)15-33(29,30)17-5-2-1-3-6-17/h1-3,5-6,13-14H,4,7-12,15H2. The van der Waals surface area contributed by atoms with Crippen molar-refractivity contribution < 1.29 is 26.7 Å². The monoisotopic (exact) mass is 495 g/mol. The summed E-state index contributed by atoms with van der Waals surface area (Å²) in [6.45, 7) is 3.72. The van der Waals surface area contributed by atoms with E-state index in [4.69, 9.17) is 4.74 Å². The molecule has 1 saturated heterocycles. The number of nitrogens with zero attached hydrogens (tertiary/aromatic N) is 3.